The molecule has 1 unspecified atom stereocenters. The number of rotatable bonds is 2. The monoisotopic (exact) mass is 357 g/mol. The molecule has 4 nitrogen and oxygen atoms in total. The number of methoxy groups -OCH3 is 1. The minimum Gasteiger partial charge on any atom is -0.497 e. The second-order valence-corrected chi connectivity index (χ2v) is 7.29. The molecule has 2 aromatic rings. The van der Waals surface area contributed by atoms with E-state index in [0.717, 1.165) is 41.1 Å². The van der Waals surface area contributed by atoms with Gasteiger partial charge in [0, 0.05) is 34.8 Å². The summed E-state index contributed by atoms with van der Waals surface area (Å²) in [4.78, 5) is 31.0. The first kappa shape index (κ1) is 16.2. The van der Waals surface area contributed by atoms with Crippen LogP contribution in [0.1, 0.15) is 46.7 Å². The van der Waals surface area contributed by atoms with Crippen LogP contribution in [0.25, 0.3) is 5.70 Å². The highest BCUT2D eigenvalue weighted by molar-refractivity contribution is 6.25. The normalized spacial score (nSPS) is 23.5. The maximum Gasteiger partial charge on any atom is 0.192 e. The van der Waals surface area contributed by atoms with E-state index in [-0.39, 0.29) is 23.4 Å². The third-order valence-electron chi connectivity index (χ3n) is 5.86. The first-order valence-electron chi connectivity index (χ1n) is 9.31. The molecule has 0 N–H and O–H groups in total. The Morgan fingerprint density at radius 2 is 1.67 bits per heavy atom. The van der Waals surface area contributed by atoms with E-state index in [2.05, 4.69) is 0 Å². The molecule has 4 heteroatoms. The molecule has 5 rings (SSSR count). The molecule has 0 bridgehead atoms. The summed E-state index contributed by atoms with van der Waals surface area (Å²) in [6.07, 6.45) is 2.21. The number of allylic oxidation sites excluding steroid dienone is 1. The minimum absolute atomic E-state index is 0.00240. The summed E-state index contributed by atoms with van der Waals surface area (Å²) in [5.74, 6) is 0.350. The van der Waals surface area contributed by atoms with Crippen molar-refractivity contribution in [1.82, 2.24) is 0 Å². The van der Waals surface area contributed by atoms with Gasteiger partial charge in [0.1, 0.15) is 11.5 Å². The highest BCUT2D eigenvalue weighted by atomic mass is 16.5. The van der Waals surface area contributed by atoms with Crippen molar-refractivity contribution in [2.24, 2.45) is 10.9 Å². The molecule has 1 aliphatic heterocycles. The van der Waals surface area contributed by atoms with Crippen molar-refractivity contribution in [1.29, 1.82) is 0 Å². The lowest BCUT2D eigenvalue weighted by Gasteiger charge is -2.34. The first-order chi connectivity index (χ1) is 13.2. The maximum atomic E-state index is 13.3. The van der Waals surface area contributed by atoms with Crippen molar-refractivity contribution in [3.05, 3.63) is 70.8 Å². The van der Waals surface area contributed by atoms with Crippen LogP contribution in [0.15, 0.2) is 59.1 Å². The number of fused-ring (bicyclic) bond motifs is 3. The summed E-state index contributed by atoms with van der Waals surface area (Å²) >= 11 is 0. The standard InChI is InChI=1S/C23H19NO3/c1-27-14-11-9-13(10-12-14)19-20-17(7-4-8-18(20)25)24-22-15-5-2-3-6-16(15)23(26)21(19)22/h2-3,5-6,9-12,19-20H,4,7-8H2,1H3/t19-,20?/m0/s1. The number of ether oxygens (including phenoxy) is 1. The summed E-state index contributed by atoms with van der Waals surface area (Å²) < 4.78 is 5.27. The largest absolute Gasteiger partial charge is 0.497 e. The van der Waals surface area contributed by atoms with Gasteiger partial charge >= 0.3 is 0 Å². The van der Waals surface area contributed by atoms with Crippen LogP contribution in [-0.2, 0) is 4.79 Å². The third kappa shape index (κ3) is 2.33. The van der Waals surface area contributed by atoms with E-state index in [1.807, 2.05) is 48.5 Å². The van der Waals surface area contributed by atoms with Gasteiger partial charge in [0.15, 0.2) is 5.78 Å². The van der Waals surface area contributed by atoms with Gasteiger partial charge in [-0.1, -0.05) is 36.4 Å². The van der Waals surface area contributed by atoms with Crippen LogP contribution in [0.2, 0.25) is 0 Å². The molecule has 1 heterocycles. The van der Waals surface area contributed by atoms with Crippen molar-refractivity contribution in [3.8, 4) is 5.75 Å². The fourth-order valence-corrected chi connectivity index (χ4v) is 4.62. The smallest absolute Gasteiger partial charge is 0.192 e. The number of hydrogen-bond donors (Lipinski definition) is 0. The number of Topliss-reactive ketones (excluding diaryl/α,β-unsaturated/α-hetero) is 2. The Balaban J connectivity index is 1.72. The fraction of sp³-hybridized carbons (Fsp3) is 0.261. The van der Waals surface area contributed by atoms with E-state index < -0.39 is 0 Å². The maximum absolute atomic E-state index is 13.3. The van der Waals surface area contributed by atoms with Crippen LogP contribution in [-0.4, -0.2) is 24.4 Å². The molecule has 0 aromatic heterocycles. The molecule has 0 saturated heterocycles. The molecule has 1 saturated carbocycles. The SMILES string of the molecule is COc1ccc([C@@H]2C3=C(N=C4CCCC(=O)C42)c2ccccc2C3=O)cc1. The molecule has 27 heavy (non-hydrogen) atoms. The van der Waals surface area contributed by atoms with Gasteiger partial charge in [0.05, 0.1) is 18.7 Å². The highest BCUT2D eigenvalue weighted by Crippen LogP contribution is 2.49. The average molecular weight is 357 g/mol. The quantitative estimate of drug-likeness (QED) is 0.809. The van der Waals surface area contributed by atoms with Crippen LogP contribution < -0.4 is 4.74 Å². The van der Waals surface area contributed by atoms with Crippen molar-refractivity contribution < 1.29 is 14.3 Å². The van der Waals surface area contributed by atoms with E-state index >= 15 is 0 Å². The zero-order chi connectivity index (χ0) is 18.5. The van der Waals surface area contributed by atoms with Crippen molar-refractivity contribution >= 4 is 23.0 Å². The Morgan fingerprint density at radius 1 is 0.926 bits per heavy atom. The van der Waals surface area contributed by atoms with Crippen LogP contribution in [0.4, 0.5) is 0 Å². The lowest BCUT2D eigenvalue weighted by molar-refractivity contribution is -0.121. The molecule has 0 amide bonds. The summed E-state index contributed by atoms with van der Waals surface area (Å²) in [7, 11) is 1.63. The molecule has 3 aliphatic rings. The molecule has 2 aliphatic carbocycles. The predicted octanol–water partition coefficient (Wildman–Crippen LogP) is 4.21. The van der Waals surface area contributed by atoms with Crippen LogP contribution >= 0.6 is 0 Å². The number of nitrogens with zero attached hydrogens (tertiary/aromatic N) is 1. The Bertz CT molecular complexity index is 1030. The van der Waals surface area contributed by atoms with Crippen LogP contribution in [0.3, 0.4) is 0 Å². The van der Waals surface area contributed by atoms with Crippen LogP contribution in [0, 0.1) is 5.92 Å². The Morgan fingerprint density at radius 3 is 2.41 bits per heavy atom. The van der Waals surface area contributed by atoms with E-state index in [4.69, 9.17) is 9.73 Å². The molecule has 2 atom stereocenters. The van der Waals surface area contributed by atoms with Gasteiger partial charge in [0.25, 0.3) is 0 Å². The lowest BCUT2D eigenvalue weighted by atomic mass is 9.69. The van der Waals surface area contributed by atoms with Gasteiger partial charge in [-0.05, 0) is 30.5 Å². The van der Waals surface area contributed by atoms with Gasteiger partial charge in [-0.3, -0.25) is 14.6 Å². The number of benzene rings is 2. The van der Waals surface area contributed by atoms with Crippen LogP contribution in [0.5, 0.6) is 5.75 Å². The number of ketones is 2. The van der Waals surface area contributed by atoms with Crippen molar-refractivity contribution in [3.63, 3.8) is 0 Å². The Labute approximate surface area is 157 Å². The molecule has 1 fully saturated rings. The van der Waals surface area contributed by atoms with Gasteiger partial charge < -0.3 is 4.74 Å². The lowest BCUT2D eigenvalue weighted by Crippen LogP contribution is -2.37. The molecular weight excluding hydrogens is 338 g/mol. The Hall–Kier alpha value is -3.01. The Kier molecular flexibility index (Phi) is 3.61. The third-order valence-corrected chi connectivity index (χ3v) is 5.86. The second kappa shape index (κ2) is 6.02. The predicted molar refractivity (Wildman–Crippen MR) is 103 cm³/mol. The van der Waals surface area contributed by atoms with Crippen molar-refractivity contribution in [2.45, 2.75) is 25.2 Å². The summed E-state index contributed by atoms with van der Waals surface area (Å²) in [5, 5.41) is 0. The average Bonchev–Trinajstić information content (AvgIpc) is 2.99. The molecule has 0 radical (unpaired) electrons. The number of carbonyl (C=O) groups excluding carboxylic acids is 2. The number of hydrogen-bond acceptors (Lipinski definition) is 4. The number of carbonyl (C=O) groups is 2. The molecule has 2 aromatic carbocycles. The summed E-state index contributed by atoms with van der Waals surface area (Å²) in [6, 6.07) is 15.3. The van der Waals surface area contributed by atoms with E-state index in [1.165, 1.54) is 0 Å². The van der Waals surface area contributed by atoms with E-state index in [0.29, 0.717) is 17.6 Å². The zero-order valence-corrected chi connectivity index (χ0v) is 15.1. The van der Waals surface area contributed by atoms with Gasteiger partial charge in [-0.15, -0.1) is 0 Å². The first-order valence-corrected chi connectivity index (χ1v) is 9.31. The fourth-order valence-electron chi connectivity index (χ4n) is 4.62. The van der Waals surface area contributed by atoms with Gasteiger partial charge in [-0.2, -0.15) is 0 Å². The number of aliphatic imine (C=N–C) groups is 1. The second-order valence-electron chi connectivity index (χ2n) is 7.29. The molecular formula is C23H19NO3. The van der Waals surface area contributed by atoms with Gasteiger partial charge in [-0.25, -0.2) is 0 Å². The zero-order valence-electron chi connectivity index (χ0n) is 15.1. The van der Waals surface area contributed by atoms with E-state index in [1.54, 1.807) is 7.11 Å². The molecule has 134 valence electrons. The summed E-state index contributed by atoms with van der Waals surface area (Å²) in [5.41, 5.74) is 4.91. The topological polar surface area (TPSA) is 55.7 Å². The van der Waals surface area contributed by atoms with E-state index in [9.17, 15) is 9.59 Å². The highest BCUT2D eigenvalue weighted by Gasteiger charge is 2.46. The van der Waals surface area contributed by atoms with Crippen molar-refractivity contribution in [2.75, 3.05) is 7.11 Å². The summed E-state index contributed by atoms with van der Waals surface area (Å²) in [6.45, 7) is 0. The van der Waals surface area contributed by atoms with Gasteiger partial charge in [0.2, 0.25) is 0 Å². The molecule has 0 spiro atoms. The minimum atomic E-state index is -0.329.